The van der Waals surface area contributed by atoms with Crippen molar-refractivity contribution < 1.29 is 17.0 Å². The van der Waals surface area contributed by atoms with Crippen molar-refractivity contribution in [2.24, 2.45) is 0 Å². The Bertz CT molecular complexity index is 218. The molecular formula is C12H17BrMg. The monoisotopic (exact) mass is 264 g/mol. The van der Waals surface area contributed by atoms with Crippen LogP contribution in [0, 0.1) is 6.92 Å². The fourth-order valence-electron chi connectivity index (χ4n) is 1.25. The molecule has 0 aliphatic carbocycles. The maximum absolute atomic E-state index is 3.85. The Morgan fingerprint density at radius 1 is 1.07 bits per heavy atom. The Kier molecular flexibility index (Phi) is 12.1. The minimum atomic E-state index is 0. The van der Waals surface area contributed by atoms with Gasteiger partial charge in [-0.25, -0.2) is 0 Å². The van der Waals surface area contributed by atoms with Gasteiger partial charge in [-0.1, -0.05) is 43.2 Å². The smallest absolute Gasteiger partial charge is 1.00 e. The number of rotatable bonds is 4. The van der Waals surface area contributed by atoms with E-state index >= 15 is 0 Å². The molecule has 0 heterocycles. The van der Waals surface area contributed by atoms with Crippen LogP contribution in [0.4, 0.5) is 0 Å². The molecule has 0 fully saturated rings. The van der Waals surface area contributed by atoms with E-state index in [-0.39, 0.29) is 40.0 Å². The average Bonchev–Trinajstić information content (AvgIpc) is 2.15. The van der Waals surface area contributed by atoms with E-state index in [1.165, 1.54) is 30.4 Å². The van der Waals surface area contributed by atoms with E-state index in [1.807, 2.05) is 0 Å². The molecule has 0 unspecified atom stereocenters. The molecule has 0 radical (unpaired) electrons. The van der Waals surface area contributed by atoms with E-state index in [0.717, 1.165) is 6.42 Å². The van der Waals surface area contributed by atoms with Crippen LogP contribution in [0.2, 0.25) is 0 Å². The Labute approximate surface area is 114 Å². The predicted octanol–water partition coefficient (Wildman–Crippen LogP) is 0.0290. The maximum atomic E-state index is 3.85. The summed E-state index contributed by atoms with van der Waals surface area (Å²) < 4.78 is 0. The number of halogens is 1. The van der Waals surface area contributed by atoms with Crippen LogP contribution in [0.3, 0.4) is 0 Å². The summed E-state index contributed by atoms with van der Waals surface area (Å²) in [6.45, 7) is 6.07. The molecule has 0 N–H and O–H groups in total. The molecule has 0 atom stereocenters. The van der Waals surface area contributed by atoms with Crippen LogP contribution < -0.4 is 17.0 Å². The van der Waals surface area contributed by atoms with Crippen molar-refractivity contribution in [3.8, 4) is 0 Å². The van der Waals surface area contributed by atoms with E-state index in [4.69, 9.17) is 0 Å². The van der Waals surface area contributed by atoms with Gasteiger partial charge in [0.15, 0.2) is 0 Å². The number of aryl methyl sites for hydroxylation is 1. The van der Waals surface area contributed by atoms with Gasteiger partial charge in [-0.05, 0) is 18.4 Å². The van der Waals surface area contributed by atoms with Crippen LogP contribution in [-0.4, -0.2) is 23.1 Å². The van der Waals surface area contributed by atoms with Gasteiger partial charge in [0, 0.05) is 0 Å². The van der Waals surface area contributed by atoms with Crippen LogP contribution in [0.1, 0.15) is 30.9 Å². The van der Waals surface area contributed by atoms with Gasteiger partial charge in [-0.3, -0.25) is 0 Å². The van der Waals surface area contributed by atoms with Crippen molar-refractivity contribution in [3.05, 3.63) is 42.3 Å². The molecule has 0 saturated carbocycles. The van der Waals surface area contributed by atoms with Crippen molar-refractivity contribution in [3.63, 3.8) is 0 Å². The molecule has 0 aliphatic heterocycles. The molecule has 0 saturated heterocycles. The fraction of sp³-hybridized carbons (Fsp3) is 0.417. The zero-order valence-electron chi connectivity index (χ0n) is 8.93. The van der Waals surface area contributed by atoms with Gasteiger partial charge < -0.3 is 23.9 Å². The standard InChI is InChI=1S/C12H17.BrH.Mg/c1-3-5-6-12-9-7-11(4-2)8-10-12;;/h7-10H,2-6H2,1H3;1H;/q-1;;+2/p-1. The fourth-order valence-corrected chi connectivity index (χ4v) is 1.25. The van der Waals surface area contributed by atoms with Crippen molar-refractivity contribution in [1.82, 2.24) is 0 Å². The predicted molar refractivity (Wildman–Crippen MR) is 59.9 cm³/mol. The first kappa shape index (κ1) is 16.9. The number of benzene rings is 1. The Balaban J connectivity index is 0. The van der Waals surface area contributed by atoms with Gasteiger partial charge in [0.1, 0.15) is 0 Å². The third-order valence-corrected chi connectivity index (χ3v) is 2.13. The molecule has 0 bridgehead atoms. The Morgan fingerprint density at radius 2 is 1.57 bits per heavy atom. The van der Waals surface area contributed by atoms with Crippen LogP contribution in [0.15, 0.2) is 24.3 Å². The Hall–Kier alpha value is 0.466. The molecule has 0 nitrogen and oxygen atoms in total. The number of hydrogen-bond acceptors (Lipinski definition) is 0. The second-order valence-corrected chi connectivity index (χ2v) is 3.17. The summed E-state index contributed by atoms with van der Waals surface area (Å²) in [5.74, 6) is 0. The van der Waals surface area contributed by atoms with Crippen molar-refractivity contribution in [1.29, 1.82) is 0 Å². The van der Waals surface area contributed by atoms with Crippen LogP contribution in [0.5, 0.6) is 0 Å². The van der Waals surface area contributed by atoms with E-state index < -0.39 is 0 Å². The van der Waals surface area contributed by atoms with Crippen molar-refractivity contribution in [2.75, 3.05) is 0 Å². The molecule has 0 spiro atoms. The SMILES string of the molecule is [Br-].[CH2-]Cc1ccc(CCCC)cc1.[Mg+2]. The first-order chi connectivity index (χ1) is 5.86. The summed E-state index contributed by atoms with van der Waals surface area (Å²) >= 11 is 0. The summed E-state index contributed by atoms with van der Waals surface area (Å²) in [5.41, 5.74) is 2.78. The van der Waals surface area contributed by atoms with Gasteiger partial charge in [0.05, 0.1) is 0 Å². The normalized spacial score (nSPS) is 8.71. The quantitative estimate of drug-likeness (QED) is 0.532. The number of unbranched alkanes of at least 4 members (excludes halogenated alkanes) is 1. The summed E-state index contributed by atoms with van der Waals surface area (Å²) in [6, 6.07) is 8.79. The molecule has 1 aromatic carbocycles. The van der Waals surface area contributed by atoms with Crippen LogP contribution >= 0.6 is 0 Å². The maximum Gasteiger partial charge on any atom is 2.00 e. The minimum Gasteiger partial charge on any atom is -1.00 e. The zero-order chi connectivity index (χ0) is 8.81. The summed E-state index contributed by atoms with van der Waals surface area (Å²) in [4.78, 5) is 0. The van der Waals surface area contributed by atoms with Gasteiger partial charge in [0.25, 0.3) is 0 Å². The van der Waals surface area contributed by atoms with Gasteiger partial charge >= 0.3 is 23.1 Å². The van der Waals surface area contributed by atoms with E-state index in [2.05, 4.69) is 38.1 Å². The third kappa shape index (κ3) is 6.04. The molecular weight excluding hydrogens is 248 g/mol. The second-order valence-electron chi connectivity index (χ2n) is 3.17. The van der Waals surface area contributed by atoms with Gasteiger partial charge in [0.2, 0.25) is 0 Å². The van der Waals surface area contributed by atoms with Gasteiger partial charge in [-0.15, -0.1) is 0 Å². The molecule has 1 rings (SSSR count). The molecule has 0 aliphatic rings. The first-order valence-corrected chi connectivity index (χ1v) is 4.74. The topological polar surface area (TPSA) is 0 Å². The molecule has 0 aromatic heterocycles. The molecule has 2 heteroatoms. The molecule has 0 amide bonds. The molecule has 1 aromatic rings. The average molecular weight is 265 g/mol. The second kappa shape index (κ2) is 10.0. The van der Waals surface area contributed by atoms with E-state index in [1.54, 1.807) is 0 Å². The minimum absolute atomic E-state index is 0. The summed E-state index contributed by atoms with van der Waals surface area (Å²) in [5, 5.41) is 0. The van der Waals surface area contributed by atoms with Crippen LogP contribution in [-0.2, 0) is 12.8 Å². The van der Waals surface area contributed by atoms with Crippen molar-refractivity contribution >= 4 is 23.1 Å². The van der Waals surface area contributed by atoms with Crippen LogP contribution in [0.25, 0.3) is 0 Å². The van der Waals surface area contributed by atoms with Gasteiger partial charge in [-0.2, -0.15) is 6.42 Å². The largest absolute Gasteiger partial charge is 2.00 e. The van der Waals surface area contributed by atoms with Crippen molar-refractivity contribution in [2.45, 2.75) is 32.6 Å². The molecule has 74 valence electrons. The Morgan fingerprint density at radius 3 is 2.00 bits per heavy atom. The van der Waals surface area contributed by atoms with E-state index in [9.17, 15) is 0 Å². The van der Waals surface area contributed by atoms with E-state index in [0.29, 0.717) is 0 Å². The number of hydrogen-bond donors (Lipinski definition) is 0. The summed E-state index contributed by atoms with van der Waals surface area (Å²) in [7, 11) is 0. The molecule has 14 heavy (non-hydrogen) atoms. The zero-order valence-corrected chi connectivity index (χ0v) is 11.9. The summed E-state index contributed by atoms with van der Waals surface area (Å²) in [6.07, 6.45) is 4.68. The first-order valence-electron chi connectivity index (χ1n) is 4.74. The third-order valence-electron chi connectivity index (χ3n) is 2.13.